The molecule has 2 N–H and O–H groups in total. The SMILES string of the molecule is Cc1nn(CCC(C)C)c(C)c1CCN. The van der Waals surface area contributed by atoms with Crippen molar-refractivity contribution in [2.45, 2.75) is 47.1 Å². The Kier molecular flexibility index (Phi) is 4.33. The Balaban J connectivity index is 2.77. The van der Waals surface area contributed by atoms with Crippen LogP contribution >= 0.6 is 0 Å². The van der Waals surface area contributed by atoms with Crippen LogP contribution in [0.25, 0.3) is 0 Å². The molecule has 0 aliphatic rings. The predicted molar refractivity (Wildman–Crippen MR) is 63.9 cm³/mol. The molecule has 86 valence electrons. The Labute approximate surface area is 92.7 Å². The van der Waals surface area contributed by atoms with E-state index in [1.165, 1.54) is 17.7 Å². The van der Waals surface area contributed by atoms with E-state index in [-0.39, 0.29) is 0 Å². The number of aryl methyl sites for hydroxylation is 2. The topological polar surface area (TPSA) is 43.8 Å². The van der Waals surface area contributed by atoms with E-state index in [4.69, 9.17) is 5.73 Å². The maximum absolute atomic E-state index is 5.59. The molecule has 0 unspecified atom stereocenters. The molecule has 0 aromatic carbocycles. The lowest BCUT2D eigenvalue weighted by Crippen LogP contribution is -2.07. The number of nitrogens with zero attached hydrogens (tertiary/aromatic N) is 2. The highest BCUT2D eigenvalue weighted by Gasteiger charge is 2.10. The first kappa shape index (κ1) is 12.2. The Morgan fingerprint density at radius 1 is 1.33 bits per heavy atom. The molecule has 0 atom stereocenters. The predicted octanol–water partition coefficient (Wildman–Crippen LogP) is 2.05. The third-order valence-electron chi connectivity index (χ3n) is 2.84. The monoisotopic (exact) mass is 209 g/mol. The highest BCUT2D eigenvalue weighted by molar-refractivity contribution is 5.24. The van der Waals surface area contributed by atoms with Crippen LogP contribution in [0.1, 0.15) is 37.2 Å². The van der Waals surface area contributed by atoms with Crippen molar-refractivity contribution in [2.75, 3.05) is 6.54 Å². The highest BCUT2D eigenvalue weighted by Crippen LogP contribution is 2.14. The number of nitrogens with two attached hydrogens (primary N) is 1. The molecule has 0 saturated carbocycles. The van der Waals surface area contributed by atoms with Crippen LogP contribution in [0.5, 0.6) is 0 Å². The second-order valence-electron chi connectivity index (χ2n) is 4.59. The zero-order valence-corrected chi connectivity index (χ0v) is 10.4. The van der Waals surface area contributed by atoms with Gasteiger partial charge in [-0.25, -0.2) is 0 Å². The van der Waals surface area contributed by atoms with Gasteiger partial charge < -0.3 is 5.73 Å². The molecular weight excluding hydrogens is 186 g/mol. The van der Waals surface area contributed by atoms with Gasteiger partial charge in [0.15, 0.2) is 0 Å². The van der Waals surface area contributed by atoms with E-state index in [2.05, 4.69) is 37.5 Å². The van der Waals surface area contributed by atoms with E-state index in [1.54, 1.807) is 0 Å². The van der Waals surface area contributed by atoms with E-state index in [0.717, 1.165) is 24.6 Å². The van der Waals surface area contributed by atoms with Crippen LogP contribution < -0.4 is 5.73 Å². The zero-order valence-electron chi connectivity index (χ0n) is 10.4. The first-order valence-electron chi connectivity index (χ1n) is 5.79. The van der Waals surface area contributed by atoms with Gasteiger partial charge >= 0.3 is 0 Å². The quantitative estimate of drug-likeness (QED) is 0.806. The van der Waals surface area contributed by atoms with Gasteiger partial charge in [0.2, 0.25) is 0 Å². The second-order valence-corrected chi connectivity index (χ2v) is 4.59. The van der Waals surface area contributed by atoms with Crippen molar-refractivity contribution in [1.29, 1.82) is 0 Å². The summed E-state index contributed by atoms with van der Waals surface area (Å²) >= 11 is 0. The van der Waals surface area contributed by atoms with Gasteiger partial charge in [-0.05, 0) is 44.7 Å². The third-order valence-corrected chi connectivity index (χ3v) is 2.84. The standard InChI is InChI=1S/C12H23N3/c1-9(2)6-8-15-11(4)12(5-7-13)10(3)14-15/h9H,5-8,13H2,1-4H3. The van der Waals surface area contributed by atoms with Crippen LogP contribution in [0.3, 0.4) is 0 Å². The van der Waals surface area contributed by atoms with Crippen molar-refractivity contribution >= 4 is 0 Å². The van der Waals surface area contributed by atoms with E-state index in [1.807, 2.05) is 0 Å². The molecule has 0 spiro atoms. The smallest absolute Gasteiger partial charge is 0.0628 e. The van der Waals surface area contributed by atoms with Gasteiger partial charge in [-0.15, -0.1) is 0 Å². The largest absolute Gasteiger partial charge is 0.330 e. The molecule has 0 amide bonds. The summed E-state index contributed by atoms with van der Waals surface area (Å²) in [6, 6.07) is 0. The average molecular weight is 209 g/mol. The Morgan fingerprint density at radius 3 is 2.53 bits per heavy atom. The summed E-state index contributed by atoms with van der Waals surface area (Å²) in [5.74, 6) is 0.729. The highest BCUT2D eigenvalue weighted by atomic mass is 15.3. The summed E-state index contributed by atoms with van der Waals surface area (Å²) in [6.07, 6.45) is 2.13. The molecular formula is C12H23N3. The van der Waals surface area contributed by atoms with Crippen molar-refractivity contribution in [3.63, 3.8) is 0 Å². The first-order valence-corrected chi connectivity index (χ1v) is 5.79. The summed E-state index contributed by atoms with van der Waals surface area (Å²) in [5, 5.41) is 4.56. The number of hydrogen-bond acceptors (Lipinski definition) is 2. The zero-order chi connectivity index (χ0) is 11.4. The minimum Gasteiger partial charge on any atom is -0.330 e. The van der Waals surface area contributed by atoms with Crippen LogP contribution in [0.4, 0.5) is 0 Å². The fourth-order valence-corrected chi connectivity index (χ4v) is 1.84. The van der Waals surface area contributed by atoms with E-state index in [9.17, 15) is 0 Å². The van der Waals surface area contributed by atoms with Crippen LogP contribution in [0.15, 0.2) is 0 Å². The molecule has 0 fully saturated rings. The average Bonchev–Trinajstić information content (AvgIpc) is 2.43. The Morgan fingerprint density at radius 2 is 2.00 bits per heavy atom. The summed E-state index contributed by atoms with van der Waals surface area (Å²) in [5.41, 5.74) is 9.36. The van der Waals surface area contributed by atoms with Gasteiger partial charge in [-0.2, -0.15) is 5.10 Å². The van der Waals surface area contributed by atoms with Crippen LogP contribution in [0, 0.1) is 19.8 Å². The van der Waals surface area contributed by atoms with Crippen molar-refractivity contribution in [3.05, 3.63) is 17.0 Å². The molecule has 0 aliphatic heterocycles. The molecule has 0 bridgehead atoms. The van der Waals surface area contributed by atoms with Gasteiger partial charge in [0.1, 0.15) is 0 Å². The molecule has 1 rings (SSSR count). The summed E-state index contributed by atoms with van der Waals surface area (Å²) < 4.78 is 2.13. The van der Waals surface area contributed by atoms with Crippen molar-refractivity contribution < 1.29 is 0 Å². The first-order chi connectivity index (χ1) is 7.06. The van der Waals surface area contributed by atoms with E-state index >= 15 is 0 Å². The van der Waals surface area contributed by atoms with Crippen LogP contribution in [-0.4, -0.2) is 16.3 Å². The molecule has 3 nitrogen and oxygen atoms in total. The fourth-order valence-electron chi connectivity index (χ4n) is 1.84. The fraction of sp³-hybridized carbons (Fsp3) is 0.750. The van der Waals surface area contributed by atoms with E-state index in [0.29, 0.717) is 6.54 Å². The number of rotatable bonds is 5. The molecule has 1 aromatic rings. The molecule has 0 aliphatic carbocycles. The van der Waals surface area contributed by atoms with Crippen molar-refractivity contribution in [3.8, 4) is 0 Å². The molecule has 1 heterocycles. The van der Waals surface area contributed by atoms with Crippen LogP contribution in [-0.2, 0) is 13.0 Å². The van der Waals surface area contributed by atoms with Gasteiger partial charge in [0.25, 0.3) is 0 Å². The molecule has 0 saturated heterocycles. The normalized spacial score (nSPS) is 11.3. The molecule has 1 aromatic heterocycles. The Hall–Kier alpha value is -0.830. The van der Waals surface area contributed by atoms with Crippen molar-refractivity contribution in [2.24, 2.45) is 11.7 Å². The number of aromatic nitrogens is 2. The minimum absolute atomic E-state index is 0.706. The summed E-state index contributed by atoms with van der Waals surface area (Å²) in [6.45, 7) is 10.4. The molecule has 3 heteroatoms. The van der Waals surface area contributed by atoms with Gasteiger partial charge in [-0.3, -0.25) is 4.68 Å². The maximum Gasteiger partial charge on any atom is 0.0628 e. The summed E-state index contributed by atoms with van der Waals surface area (Å²) in [7, 11) is 0. The lowest BCUT2D eigenvalue weighted by Gasteiger charge is -2.07. The van der Waals surface area contributed by atoms with Crippen LogP contribution in [0.2, 0.25) is 0 Å². The number of hydrogen-bond donors (Lipinski definition) is 1. The third kappa shape index (κ3) is 3.06. The second kappa shape index (κ2) is 5.31. The van der Waals surface area contributed by atoms with Gasteiger partial charge in [-0.1, -0.05) is 13.8 Å². The van der Waals surface area contributed by atoms with Crippen molar-refractivity contribution in [1.82, 2.24) is 9.78 Å². The van der Waals surface area contributed by atoms with Gasteiger partial charge in [0, 0.05) is 12.2 Å². The minimum atomic E-state index is 0.706. The molecule has 15 heavy (non-hydrogen) atoms. The maximum atomic E-state index is 5.59. The lowest BCUT2D eigenvalue weighted by molar-refractivity contribution is 0.479. The summed E-state index contributed by atoms with van der Waals surface area (Å²) in [4.78, 5) is 0. The van der Waals surface area contributed by atoms with E-state index < -0.39 is 0 Å². The Bertz CT molecular complexity index is 313. The molecule has 0 radical (unpaired) electrons. The lowest BCUT2D eigenvalue weighted by atomic mass is 10.1. The van der Waals surface area contributed by atoms with Gasteiger partial charge in [0.05, 0.1) is 5.69 Å².